The molecule has 0 fully saturated rings. The average Bonchev–Trinajstić information content (AvgIpc) is 2.39. The summed E-state index contributed by atoms with van der Waals surface area (Å²) in [5.41, 5.74) is 5.44. The molecule has 0 heterocycles. The Bertz CT molecular complexity index is 163. The lowest BCUT2D eigenvalue weighted by atomic mass is 10.1. The second-order valence-corrected chi connectivity index (χ2v) is 5.37. The van der Waals surface area contributed by atoms with E-state index >= 15 is 0 Å². The number of allylic oxidation sites excluding steroid dienone is 2. The fraction of sp³-hybridized carbons (Fsp3) is 0.882. The van der Waals surface area contributed by atoms with Gasteiger partial charge in [-0.15, -0.1) is 0 Å². The predicted octanol–water partition coefficient (Wildman–Crippen LogP) is 5.59. The van der Waals surface area contributed by atoms with Crippen LogP contribution in [0.2, 0.25) is 0 Å². The quantitative estimate of drug-likeness (QED) is 0.317. The van der Waals surface area contributed by atoms with Crippen LogP contribution in [0.3, 0.4) is 0 Å². The van der Waals surface area contributed by atoms with Crippen molar-refractivity contribution < 1.29 is 0 Å². The first kappa shape index (κ1) is 17.7. The van der Waals surface area contributed by atoms with Crippen LogP contribution < -0.4 is 5.73 Å². The van der Waals surface area contributed by atoms with Gasteiger partial charge in [0.25, 0.3) is 0 Å². The molecule has 0 amide bonds. The van der Waals surface area contributed by atoms with E-state index in [1.807, 2.05) is 0 Å². The highest BCUT2D eigenvalue weighted by molar-refractivity contribution is 4.81. The molecule has 0 saturated heterocycles. The van der Waals surface area contributed by atoms with Crippen molar-refractivity contribution in [3.05, 3.63) is 12.2 Å². The number of nitrogens with two attached hydrogens (primary N) is 1. The minimum Gasteiger partial charge on any atom is -0.330 e. The lowest BCUT2D eigenvalue weighted by Gasteiger charge is -2.01. The first-order chi connectivity index (χ1) is 8.91. The van der Waals surface area contributed by atoms with Crippen molar-refractivity contribution in [3.8, 4) is 0 Å². The topological polar surface area (TPSA) is 26.0 Å². The summed E-state index contributed by atoms with van der Waals surface area (Å²) in [6.45, 7) is 3.10. The minimum absolute atomic E-state index is 0.822. The Hall–Kier alpha value is -0.300. The monoisotopic (exact) mass is 253 g/mol. The third-order valence-corrected chi connectivity index (χ3v) is 3.47. The van der Waals surface area contributed by atoms with E-state index in [9.17, 15) is 0 Å². The predicted molar refractivity (Wildman–Crippen MR) is 83.9 cm³/mol. The highest BCUT2D eigenvalue weighted by Crippen LogP contribution is 2.11. The summed E-state index contributed by atoms with van der Waals surface area (Å²) in [4.78, 5) is 0. The zero-order valence-electron chi connectivity index (χ0n) is 12.6. The molecule has 0 spiro atoms. The molecule has 18 heavy (non-hydrogen) atoms. The van der Waals surface area contributed by atoms with E-state index in [1.54, 1.807) is 0 Å². The van der Waals surface area contributed by atoms with Gasteiger partial charge < -0.3 is 5.73 Å². The van der Waals surface area contributed by atoms with Gasteiger partial charge in [-0.3, -0.25) is 0 Å². The van der Waals surface area contributed by atoms with E-state index in [2.05, 4.69) is 19.1 Å². The number of unbranched alkanes of at least 4 members (excludes halogenated alkanes) is 11. The van der Waals surface area contributed by atoms with Gasteiger partial charge in [-0.2, -0.15) is 0 Å². The van der Waals surface area contributed by atoms with Crippen LogP contribution in [-0.4, -0.2) is 6.54 Å². The first-order valence-corrected chi connectivity index (χ1v) is 8.27. The standard InChI is InChI=1S/C17H35N/c1-2-3-4-5-6-7-8-9-10-11-12-13-14-15-16-17-18/h13-14H,2-12,15-18H2,1H3/b14-13+. The Balaban J connectivity index is 2.96. The highest BCUT2D eigenvalue weighted by atomic mass is 14.5. The van der Waals surface area contributed by atoms with Crippen LogP contribution in [0.1, 0.15) is 90.4 Å². The van der Waals surface area contributed by atoms with E-state index in [0.29, 0.717) is 0 Å². The molecular weight excluding hydrogens is 218 g/mol. The summed E-state index contributed by atoms with van der Waals surface area (Å²) in [7, 11) is 0. The van der Waals surface area contributed by atoms with Crippen molar-refractivity contribution in [1.82, 2.24) is 0 Å². The third-order valence-electron chi connectivity index (χ3n) is 3.47. The van der Waals surface area contributed by atoms with Gasteiger partial charge in [0.05, 0.1) is 0 Å². The second-order valence-electron chi connectivity index (χ2n) is 5.37. The minimum atomic E-state index is 0.822. The maximum absolute atomic E-state index is 5.44. The van der Waals surface area contributed by atoms with E-state index in [4.69, 9.17) is 5.73 Å². The van der Waals surface area contributed by atoms with Crippen molar-refractivity contribution in [3.63, 3.8) is 0 Å². The first-order valence-electron chi connectivity index (χ1n) is 8.27. The molecule has 0 aromatic rings. The zero-order chi connectivity index (χ0) is 13.3. The molecule has 0 unspecified atom stereocenters. The molecule has 1 nitrogen and oxygen atoms in total. The Morgan fingerprint density at radius 2 is 1.06 bits per heavy atom. The molecular formula is C17H35N. The van der Waals surface area contributed by atoms with E-state index in [1.165, 1.54) is 70.6 Å². The van der Waals surface area contributed by atoms with Crippen molar-refractivity contribution >= 4 is 0 Å². The van der Waals surface area contributed by atoms with Crippen molar-refractivity contribution in [1.29, 1.82) is 0 Å². The molecule has 0 radical (unpaired) electrons. The molecule has 108 valence electrons. The summed E-state index contributed by atoms with van der Waals surface area (Å²) in [6, 6.07) is 0. The zero-order valence-corrected chi connectivity index (χ0v) is 12.6. The second kappa shape index (κ2) is 16.7. The number of hydrogen-bond acceptors (Lipinski definition) is 1. The van der Waals surface area contributed by atoms with Gasteiger partial charge in [0.1, 0.15) is 0 Å². The summed E-state index contributed by atoms with van der Waals surface area (Å²) in [5, 5.41) is 0. The largest absolute Gasteiger partial charge is 0.330 e. The van der Waals surface area contributed by atoms with Gasteiger partial charge in [-0.25, -0.2) is 0 Å². The van der Waals surface area contributed by atoms with Crippen molar-refractivity contribution in [2.45, 2.75) is 90.4 Å². The van der Waals surface area contributed by atoms with E-state index in [-0.39, 0.29) is 0 Å². The Labute approximate surface area is 115 Å². The molecule has 0 aliphatic rings. The Kier molecular flexibility index (Phi) is 16.4. The van der Waals surface area contributed by atoms with Gasteiger partial charge in [0.2, 0.25) is 0 Å². The van der Waals surface area contributed by atoms with Crippen molar-refractivity contribution in [2.24, 2.45) is 5.73 Å². The summed E-state index contributed by atoms with van der Waals surface area (Å²) in [5.74, 6) is 0. The third kappa shape index (κ3) is 15.7. The maximum Gasteiger partial charge on any atom is -0.00743 e. The lowest BCUT2D eigenvalue weighted by Crippen LogP contribution is -1.96. The van der Waals surface area contributed by atoms with Gasteiger partial charge in [-0.1, -0.05) is 76.9 Å². The normalized spacial score (nSPS) is 11.4. The molecule has 0 aromatic carbocycles. The van der Waals surface area contributed by atoms with Crippen LogP contribution in [0.25, 0.3) is 0 Å². The number of rotatable bonds is 14. The summed E-state index contributed by atoms with van der Waals surface area (Å²) in [6.07, 6.45) is 22.5. The molecule has 0 aliphatic heterocycles. The molecule has 0 atom stereocenters. The average molecular weight is 253 g/mol. The maximum atomic E-state index is 5.44. The van der Waals surface area contributed by atoms with Gasteiger partial charge >= 0.3 is 0 Å². The summed E-state index contributed by atoms with van der Waals surface area (Å²) < 4.78 is 0. The van der Waals surface area contributed by atoms with Crippen LogP contribution in [0.4, 0.5) is 0 Å². The van der Waals surface area contributed by atoms with E-state index < -0.39 is 0 Å². The molecule has 0 rings (SSSR count). The van der Waals surface area contributed by atoms with Gasteiger partial charge in [0, 0.05) is 0 Å². The fourth-order valence-electron chi connectivity index (χ4n) is 2.22. The molecule has 0 aromatic heterocycles. The smallest absolute Gasteiger partial charge is 0.00743 e. The molecule has 0 aliphatic carbocycles. The molecule has 0 saturated carbocycles. The summed E-state index contributed by atoms with van der Waals surface area (Å²) >= 11 is 0. The SMILES string of the molecule is CCCCCCCCCCCC/C=C/CCCN. The molecule has 1 heteroatoms. The fourth-order valence-corrected chi connectivity index (χ4v) is 2.22. The van der Waals surface area contributed by atoms with Crippen molar-refractivity contribution in [2.75, 3.05) is 6.54 Å². The van der Waals surface area contributed by atoms with Crippen LogP contribution >= 0.6 is 0 Å². The molecule has 0 bridgehead atoms. The van der Waals surface area contributed by atoms with Crippen LogP contribution in [0, 0.1) is 0 Å². The van der Waals surface area contributed by atoms with Crippen LogP contribution in [0.15, 0.2) is 12.2 Å². The number of hydrogen-bond donors (Lipinski definition) is 1. The Morgan fingerprint density at radius 1 is 0.611 bits per heavy atom. The van der Waals surface area contributed by atoms with Gasteiger partial charge in [-0.05, 0) is 32.2 Å². The van der Waals surface area contributed by atoms with Crippen LogP contribution in [0.5, 0.6) is 0 Å². The lowest BCUT2D eigenvalue weighted by molar-refractivity contribution is 0.557. The Morgan fingerprint density at radius 3 is 1.56 bits per heavy atom. The highest BCUT2D eigenvalue weighted by Gasteiger charge is 1.91. The molecule has 2 N–H and O–H groups in total. The van der Waals surface area contributed by atoms with E-state index in [0.717, 1.165) is 19.4 Å². The van der Waals surface area contributed by atoms with Gasteiger partial charge in [0.15, 0.2) is 0 Å². The van der Waals surface area contributed by atoms with Crippen LogP contribution in [-0.2, 0) is 0 Å².